The number of benzene rings is 1. The summed E-state index contributed by atoms with van der Waals surface area (Å²) in [6.45, 7) is 2.09. The lowest BCUT2D eigenvalue weighted by atomic mass is 9.82. The molecule has 0 saturated heterocycles. The molecule has 2 rings (SSSR count). The Morgan fingerprint density at radius 1 is 1.27 bits per heavy atom. The van der Waals surface area contributed by atoms with Gasteiger partial charge in [0, 0.05) is 18.2 Å². The monoisotopic (exact) mass is 302 g/mol. The number of ether oxygens (including phenoxy) is 1. The van der Waals surface area contributed by atoms with Gasteiger partial charge in [0.1, 0.15) is 5.71 Å². The first-order valence-corrected chi connectivity index (χ1v) is 8.27. The van der Waals surface area contributed by atoms with Crippen molar-refractivity contribution in [2.75, 3.05) is 11.9 Å². The Labute approximate surface area is 132 Å². The quantitative estimate of drug-likeness (QED) is 0.590. The zero-order chi connectivity index (χ0) is 15.8. The van der Waals surface area contributed by atoms with Crippen LogP contribution >= 0.6 is 0 Å². The van der Waals surface area contributed by atoms with E-state index in [1.807, 2.05) is 30.3 Å². The van der Waals surface area contributed by atoms with Gasteiger partial charge in [0.2, 0.25) is 0 Å². The van der Waals surface area contributed by atoms with E-state index >= 15 is 0 Å². The second-order valence-electron chi connectivity index (χ2n) is 5.92. The summed E-state index contributed by atoms with van der Waals surface area (Å²) in [4.78, 5) is 11.7. The molecule has 1 saturated carbocycles. The van der Waals surface area contributed by atoms with Gasteiger partial charge in [-0.15, -0.1) is 0 Å². The normalized spacial score (nSPS) is 16.8. The molecular formula is C18H26N2O2. The molecule has 4 heteroatoms. The highest BCUT2D eigenvalue weighted by atomic mass is 16.5. The Morgan fingerprint density at radius 2 is 1.95 bits per heavy atom. The van der Waals surface area contributed by atoms with E-state index in [0.29, 0.717) is 18.9 Å². The van der Waals surface area contributed by atoms with E-state index in [2.05, 4.69) is 5.32 Å². The van der Waals surface area contributed by atoms with Crippen LogP contribution in [0.25, 0.3) is 0 Å². The Bertz CT molecular complexity index is 481. The van der Waals surface area contributed by atoms with Gasteiger partial charge < -0.3 is 10.1 Å². The Morgan fingerprint density at radius 3 is 2.59 bits per heavy atom. The standard InChI is InChI=1S/C18H26N2O2/c1-2-22-18(21)16(19)13-17(14-9-5-3-6-10-14)20-15-11-7-4-8-12-15/h4,7-8,11-12,14,17,19-20H,2-3,5-6,9-10,13H2,1H3. The van der Waals surface area contributed by atoms with Crippen LogP contribution in [0.3, 0.4) is 0 Å². The van der Waals surface area contributed by atoms with Crippen LogP contribution in [0.2, 0.25) is 0 Å². The van der Waals surface area contributed by atoms with Crippen LogP contribution in [0.5, 0.6) is 0 Å². The molecule has 1 aliphatic carbocycles. The van der Waals surface area contributed by atoms with Crippen molar-refractivity contribution in [3.63, 3.8) is 0 Å². The maximum absolute atomic E-state index is 11.7. The molecule has 0 spiro atoms. The number of esters is 1. The number of hydrogen-bond acceptors (Lipinski definition) is 4. The van der Waals surface area contributed by atoms with Crippen molar-refractivity contribution < 1.29 is 9.53 Å². The number of carbonyl (C=O) groups excluding carboxylic acids is 1. The van der Waals surface area contributed by atoms with Crippen molar-refractivity contribution in [3.8, 4) is 0 Å². The third kappa shape index (κ3) is 4.86. The maximum atomic E-state index is 11.7. The van der Waals surface area contributed by atoms with Crippen LogP contribution < -0.4 is 5.32 Å². The van der Waals surface area contributed by atoms with Gasteiger partial charge in [0.05, 0.1) is 6.61 Å². The zero-order valence-corrected chi connectivity index (χ0v) is 13.3. The second-order valence-corrected chi connectivity index (χ2v) is 5.92. The summed E-state index contributed by atoms with van der Waals surface area (Å²) in [5, 5.41) is 11.5. The van der Waals surface area contributed by atoms with Crippen molar-refractivity contribution in [2.24, 2.45) is 5.92 Å². The first kappa shape index (κ1) is 16.5. The van der Waals surface area contributed by atoms with Crippen molar-refractivity contribution in [3.05, 3.63) is 30.3 Å². The highest BCUT2D eigenvalue weighted by molar-refractivity contribution is 6.35. The number of carbonyl (C=O) groups is 1. The second kappa shape index (κ2) is 8.57. The van der Waals surface area contributed by atoms with E-state index in [9.17, 15) is 4.79 Å². The molecule has 0 amide bonds. The van der Waals surface area contributed by atoms with Crippen molar-refractivity contribution >= 4 is 17.4 Å². The van der Waals surface area contributed by atoms with Gasteiger partial charge in [0.15, 0.2) is 0 Å². The molecule has 0 bridgehead atoms. The van der Waals surface area contributed by atoms with Gasteiger partial charge in [-0.1, -0.05) is 37.5 Å². The predicted molar refractivity (Wildman–Crippen MR) is 89.4 cm³/mol. The lowest BCUT2D eigenvalue weighted by Crippen LogP contribution is -2.35. The molecule has 0 aliphatic heterocycles. The third-order valence-electron chi connectivity index (χ3n) is 4.29. The molecular weight excluding hydrogens is 276 g/mol. The fraction of sp³-hybridized carbons (Fsp3) is 0.556. The van der Waals surface area contributed by atoms with Gasteiger partial charge in [-0.2, -0.15) is 0 Å². The number of anilines is 1. The molecule has 1 atom stereocenters. The zero-order valence-electron chi connectivity index (χ0n) is 13.3. The van der Waals surface area contributed by atoms with E-state index in [1.165, 1.54) is 32.1 Å². The average Bonchev–Trinajstić information content (AvgIpc) is 2.56. The lowest BCUT2D eigenvalue weighted by Gasteiger charge is -2.31. The van der Waals surface area contributed by atoms with Crippen LogP contribution in [0, 0.1) is 11.3 Å². The minimum absolute atomic E-state index is 0.0702. The highest BCUT2D eigenvalue weighted by Gasteiger charge is 2.26. The summed E-state index contributed by atoms with van der Waals surface area (Å²) >= 11 is 0. The van der Waals surface area contributed by atoms with E-state index < -0.39 is 5.97 Å². The molecule has 4 nitrogen and oxygen atoms in total. The molecule has 22 heavy (non-hydrogen) atoms. The van der Waals surface area contributed by atoms with Gasteiger partial charge in [-0.05, 0) is 37.8 Å². The smallest absolute Gasteiger partial charge is 0.351 e. The molecule has 1 aromatic carbocycles. The third-order valence-corrected chi connectivity index (χ3v) is 4.29. The maximum Gasteiger partial charge on any atom is 0.351 e. The molecule has 0 radical (unpaired) electrons. The van der Waals surface area contributed by atoms with E-state index in [4.69, 9.17) is 10.1 Å². The highest BCUT2D eigenvalue weighted by Crippen LogP contribution is 2.30. The Kier molecular flexibility index (Phi) is 6.44. The first-order chi connectivity index (χ1) is 10.7. The van der Waals surface area contributed by atoms with Gasteiger partial charge in [-0.3, -0.25) is 5.41 Å². The summed E-state index contributed by atoms with van der Waals surface area (Å²) in [5.74, 6) is 0.0295. The van der Waals surface area contributed by atoms with Crippen molar-refractivity contribution in [1.82, 2.24) is 0 Å². The SMILES string of the molecule is CCOC(=O)C(=N)CC(Nc1ccccc1)C1CCCCC1. The molecule has 1 aromatic rings. The van der Waals surface area contributed by atoms with Crippen molar-refractivity contribution in [1.29, 1.82) is 5.41 Å². The number of nitrogens with one attached hydrogen (secondary N) is 2. The molecule has 0 aromatic heterocycles. The lowest BCUT2D eigenvalue weighted by molar-refractivity contribution is -0.135. The topological polar surface area (TPSA) is 62.2 Å². The summed E-state index contributed by atoms with van der Waals surface area (Å²) in [6.07, 6.45) is 6.54. The summed E-state index contributed by atoms with van der Waals surface area (Å²) in [6, 6.07) is 10.2. The largest absolute Gasteiger partial charge is 0.462 e. The van der Waals surface area contributed by atoms with E-state index in [1.54, 1.807) is 6.92 Å². The van der Waals surface area contributed by atoms with Crippen molar-refractivity contribution in [2.45, 2.75) is 51.5 Å². The minimum Gasteiger partial charge on any atom is -0.462 e. The van der Waals surface area contributed by atoms with Crippen LogP contribution in [-0.4, -0.2) is 24.3 Å². The predicted octanol–water partition coefficient (Wildman–Crippen LogP) is 4.02. The number of rotatable bonds is 7. The fourth-order valence-electron chi connectivity index (χ4n) is 3.14. The number of para-hydroxylation sites is 1. The molecule has 1 unspecified atom stereocenters. The van der Waals surface area contributed by atoms with Crippen LogP contribution in [0.4, 0.5) is 5.69 Å². The molecule has 1 aliphatic rings. The first-order valence-electron chi connectivity index (χ1n) is 8.27. The van der Waals surface area contributed by atoms with E-state index in [0.717, 1.165) is 5.69 Å². The van der Waals surface area contributed by atoms with E-state index in [-0.39, 0.29) is 11.8 Å². The Balaban J connectivity index is 2.03. The average molecular weight is 302 g/mol. The fourth-order valence-corrected chi connectivity index (χ4v) is 3.14. The summed E-state index contributed by atoms with van der Waals surface area (Å²) in [7, 11) is 0. The molecule has 0 heterocycles. The van der Waals surface area contributed by atoms with Gasteiger partial charge >= 0.3 is 5.97 Å². The molecule has 1 fully saturated rings. The Hall–Kier alpha value is -1.84. The van der Waals surface area contributed by atoms with Crippen LogP contribution in [0.1, 0.15) is 45.4 Å². The summed E-state index contributed by atoms with van der Waals surface area (Å²) in [5.41, 5.74) is 1.12. The number of hydrogen-bond donors (Lipinski definition) is 2. The van der Waals surface area contributed by atoms with Gasteiger partial charge in [-0.25, -0.2) is 4.79 Å². The molecule has 120 valence electrons. The molecule has 2 N–H and O–H groups in total. The summed E-state index contributed by atoms with van der Waals surface area (Å²) < 4.78 is 4.95. The minimum atomic E-state index is -0.488. The van der Waals surface area contributed by atoms with Crippen LogP contribution in [-0.2, 0) is 9.53 Å². The van der Waals surface area contributed by atoms with Crippen LogP contribution in [0.15, 0.2) is 30.3 Å². The van der Waals surface area contributed by atoms with Gasteiger partial charge in [0.25, 0.3) is 0 Å².